The molecule has 1 fully saturated rings. The van der Waals surface area contributed by atoms with Crippen LogP contribution in [0.4, 0.5) is 4.39 Å². The maximum atomic E-state index is 13.3. The van der Waals surface area contributed by atoms with E-state index in [0.29, 0.717) is 11.6 Å². The van der Waals surface area contributed by atoms with E-state index in [1.54, 1.807) is 17.8 Å². The van der Waals surface area contributed by atoms with Crippen LogP contribution in [0.1, 0.15) is 12.0 Å². The fourth-order valence-electron chi connectivity index (χ4n) is 2.22. The van der Waals surface area contributed by atoms with Gasteiger partial charge < -0.3 is 5.11 Å². The van der Waals surface area contributed by atoms with Gasteiger partial charge in [-0.15, -0.1) is 0 Å². The van der Waals surface area contributed by atoms with Crippen LogP contribution >= 0.6 is 23.4 Å². The van der Waals surface area contributed by atoms with Crippen molar-refractivity contribution >= 4 is 29.3 Å². The molecule has 0 radical (unpaired) electrons. The summed E-state index contributed by atoms with van der Waals surface area (Å²) >= 11 is 7.59. The zero-order valence-corrected chi connectivity index (χ0v) is 11.9. The molecule has 1 N–H and O–H groups in total. The number of hydrogen-bond acceptors (Lipinski definition) is 3. The predicted molar refractivity (Wildman–Crippen MR) is 75.2 cm³/mol. The van der Waals surface area contributed by atoms with Crippen molar-refractivity contribution < 1.29 is 14.3 Å². The van der Waals surface area contributed by atoms with Gasteiger partial charge in [0.05, 0.1) is 6.42 Å². The molecule has 0 saturated carbocycles. The summed E-state index contributed by atoms with van der Waals surface area (Å²) in [4.78, 5) is 12.9. The van der Waals surface area contributed by atoms with E-state index in [1.165, 1.54) is 12.1 Å². The summed E-state index contributed by atoms with van der Waals surface area (Å²) in [5.74, 6) is 0.618. The van der Waals surface area contributed by atoms with Gasteiger partial charge in [0.25, 0.3) is 0 Å². The van der Waals surface area contributed by atoms with Crippen LogP contribution in [0, 0.1) is 5.82 Å². The molecule has 0 amide bonds. The molecule has 3 nitrogen and oxygen atoms in total. The van der Waals surface area contributed by atoms with Crippen LogP contribution in [-0.4, -0.2) is 40.1 Å². The molecule has 0 bridgehead atoms. The summed E-state index contributed by atoms with van der Waals surface area (Å²) in [5, 5.41) is 9.29. The topological polar surface area (TPSA) is 40.5 Å². The van der Waals surface area contributed by atoms with Gasteiger partial charge in [-0.05, 0) is 23.8 Å². The molecule has 1 aliphatic heterocycles. The maximum Gasteiger partial charge on any atom is 0.304 e. The Bertz CT molecular complexity index is 452. The lowest BCUT2D eigenvalue weighted by Crippen LogP contribution is -2.42. The van der Waals surface area contributed by atoms with Crippen molar-refractivity contribution in [2.75, 3.05) is 18.1 Å². The van der Waals surface area contributed by atoms with E-state index in [-0.39, 0.29) is 18.3 Å². The predicted octanol–water partition coefficient (Wildman–Crippen LogP) is 2.87. The molecule has 1 aromatic carbocycles. The molecule has 2 rings (SSSR count). The second-order valence-corrected chi connectivity index (χ2v) is 6.16. The SMILES string of the molecule is O=C(O)CC1CSCCN1Cc1cc(F)cc(Cl)c1. The van der Waals surface area contributed by atoms with Crippen molar-refractivity contribution in [2.24, 2.45) is 0 Å². The number of carboxylic acid groups (broad SMARTS) is 1. The van der Waals surface area contributed by atoms with Gasteiger partial charge in [0.2, 0.25) is 0 Å². The minimum atomic E-state index is -0.797. The first-order chi connectivity index (χ1) is 9.04. The molecule has 0 aliphatic carbocycles. The Balaban J connectivity index is 2.08. The third-order valence-electron chi connectivity index (χ3n) is 3.07. The second-order valence-electron chi connectivity index (χ2n) is 4.57. The van der Waals surface area contributed by atoms with Crippen LogP contribution in [0.2, 0.25) is 5.02 Å². The van der Waals surface area contributed by atoms with Gasteiger partial charge >= 0.3 is 5.97 Å². The Morgan fingerprint density at radius 3 is 3.00 bits per heavy atom. The molecule has 1 aromatic rings. The molecular weight excluding hydrogens is 289 g/mol. The van der Waals surface area contributed by atoms with Crippen molar-refractivity contribution in [3.05, 3.63) is 34.6 Å². The molecule has 104 valence electrons. The normalized spacial score (nSPS) is 20.4. The quantitative estimate of drug-likeness (QED) is 0.928. The summed E-state index contributed by atoms with van der Waals surface area (Å²) < 4.78 is 13.3. The average molecular weight is 304 g/mol. The van der Waals surface area contributed by atoms with E-state index in [9.17, 15) is 9.18 Å². The monoisotopic (exact) mass is 303 g/mol. The average Bonchev–Trinajstić information content (AvgIpc) is 2.29. The van der Waals surface area contributed by atoms with Gasteiger partial charge in [0.1, 0.15) is 5.82 Å². The molecule has 0 spiro atoms. The summed E-state index contributed by atoms with van der Waals surface area (Å²) in [6.07, 6.45) is 0.121. The number of carboxylic acids is 1. The molecule has 1 heterocycles. The number of aliphatic carboxylic acids is 1. The summed E-state index contributed by atoms with van der Waals surface area (Å²) in [6, 6.07) is 4.44. The smallest absolute Gasteiger partial charge is 0.304 e. The van der Waals surface area contributed by atoms with Crippen LogP contribution in [-0.2, 0) is 11.3 Å². The molecule has 1 atom stereocenters. The Morgan fingerprint density at radius 1 is 1.53 bits per heavy atom. The number of carbonyl (C=O) groups is 1. The molecule has 1 aliphatic rings. The lowest BCUT2D eigenvalue weighted by molar-refractivity contribution is -0.138. The molecule has 1 saturated heterocycles. The minimum Gasteiger partial charge on any atom is -0.481 e. The van der Waals surface area contributed by atoms with E-state index >= 15 is 0 Å². The highest BCUT2D eigenvalue weighted by Gasteiger charge is 2.25. The Labute approximate surface area is 120 Å². The van der Waals surface area contributed by atoms with E-state index in [4.69, 9.17) is 16.7 Å². The number of nitrogens with zero attached hydrogens (tertiary/aromatic N) is 1. The van der Waals surface area contributed by atoms with E-state index in [2.05, 4.69) is 4.90 Å². The molecular formula is C13H15ClFNO2S. The van der Waals surface area contributed by atoms with Crippen molar-refractivity contribution in [1.82, 2.24) is 4.90 Å². The van der Waals surface area contributed by atoms with E-state index < -0.39 is 5.97 Å². The van der Waals surface area contributed by atoms with Gasteiger partial charge in [0.15, 0.2) is 0 Å². The lowest BCUT2D eigenvalue weighted by atomic mass is 10.1. The highest BCUT2D eigenvalue weighted by atomic mass is 35.5. The van der Waals surface area contributed by atoms with Gasteiger partial charge in [-0.2, -0.15) is 11.8 Å². The van der Waals surface area contributed by atoms with Crippen molar-refractivity contribution in [3.8, 4) is 0 Å². The fraction of sp³-hybridized carbons (Fsp3) is 0.462. The van der Waals surface area contributed by atoms with Crippen molar-refractivity contribution in [2.45, 2.75) is 19.0 Å². The summed E-state index contributed by atoms with van der Waals surface area (Å²) in [5.41, 5.74) is 0.785. The molecule has 1 unspecified atom stereocenters. The Morgan fingerprint density at radius 2 is 2.32 bits per heavy atom. The number of hydrogen-bond donors (Lipinski definition) is 1. The fourth-order valence-corrected chi connectivity index (χ4v) is 3.60. The number of benzene rings is 1. The summed E-state index contributed by atoms with van der Waals surface area (Å²) in [6.45, 7) is 1.35. The van der Waals surface area contributed by atoms with Crippen LogP contribution in [0.5, 0.6) is 0 Å². The van der Waals surface area contributed by atoms with Gasteiger partial charge in [-0.3, -0.25) is 9.69 Å². The first-order valence-corrected chi connectivity index (χ1v) is 7.56. The summed E-state index contributed by atoms with van der Waals surface area (Å²) in [7, 11) is 0. The highest BCUT2D eigenvalue weighted by molar-refractivity contribution is 7.99. The standard InChI is InChI=1S/C13H15ClFNO2S/c14-10-3-9(4-11(15)5-10)7-16-1-2-19-8-12(16)6-13(17)18/h3-5,12H,1-2,6-8H2,(H,17,18). The van der Waals surface area contributed by atoms with Crippen LogP contribution in [0.25, 0.3) is 0 Å². The van der Waals surface area contributed by atoms with Crippen LogP contribution < -0.4 is 0 Å². The number of halogens is 2. The second kappa shape index (κ2) is 6.59. The minimum absolute atomic E-state index is 0.00158. The molecule has 0 aromatic heterocycles. The van der Waals surface area contributed by atoms with Crippen molar-refractivity contribution in [1.29, 1.82) is 0 Å². The largest absolute Gasteiger partial charge is 0.481 e. The third kappa shape index (κ3) is 4.37. The first-order valence-electron chi connectivity index (χ1n) is 6.03. The van der Waals surface area contributed by atoms with Gasteiger partial charge in [0, 0.05) is 35.7 Å². The first kappa shape index (κ1) is 14.6. The molecule has 6 heteroatoms. The zero-order chi connectivity index (χ0) is 13.8. The van der Waals surface area contributed by atoms with Crippen molar-refractivity contribution in [3.63, 3.8) is 0 Å². The number of thioether (sulfide) groups is 1. The van der Waals surface area contributed by atoms with E-state index in [1.807, 2.05) is 0 Å². The van der Waals surface area contributed by atoms with Crippen LogP contribution in [0.15, 0.2) is 18.2 Å². The zero-order valence-electron chi connectivity index (χ0n) is 10.3. The highest BCUT2D eigenvalue weighted by Crippen LogP contribution is 2.23. The third-order valence-corrected chi connectivity index (χ3v) is 4.38. The number of rotatable bonds is 4. The van der Waals surface area contributed by atoms with Gasteiger partial charge in [-0.1, -0.05) is 11.6 Å². The van der Waals surface area contributed by atoms with Crippen LogP contribution in [0.3, 0.4) is 0 Å². The Kier molecular flexibility index (Phi) is 5.07. The Hall–Kier alpha value is -0.780. The lowest BCUT2D eigenvalue weighted by Gasteiger charge is -2.34. The van der Waals surface area contributed by atoms with E-state index in [0.717, 1.165) is 23.6 Å². The molecule has 19 heavy (non-hydrogen) atoms. The maximum absolute atomic E-state index is 13.3. The van der Waals surface area contributed by atoms with Gasteiger partial charge in [-0.25, -0.2) is 4.39 Å².